The predicted octanol–water partition coefficient (Wildman–Crippen LogP) is 2.52. The van der Waals surface area contributed by atoms with Crippen LogP contribution in [0.2, 0.25) is 0 Å². The van der Waals surface area contributed by atoms with Gasteiger partial charge >= 0.3 is 0 Å². The van der Waals surface area contributed by atoms with E-state index in [9.17, 15) is 0 Å². The third-order valence-corrected chi connectivity index (χ3v) is 3.85. The van der Waals surface area contributed by atoms with Crippen LogP contribution in [0.1, 0.15) is 11.1 Å². The second-order valence-electron chi connectivity index (χ2n) is 5.62. The summed E-state index contributed by atoms with van der Waals surface area (Å²) < 4.78 is 3.59. The van der Waals surface area contributed by atoms with Gasteiger partial charge in [0.05, 0.1) is 12.2 Å². The van der Waals surface area contributed by atoms with Crippen LogP contribution in [0.4, 0.5) is 5.95 Å². The van der Waals surface area contributed by atoms with Crippen molar-refractivity contribution in [3.63, 3.8) is 0 Å². The highest BCUT2D eigenvalue weighted by molar-refractivity contribution is 5.39. The number of para-hydroxylation sites is 1. The summed E-state index contributed by atoms with van der Waals surface area (Å²) >= 11 is 0. The van der Waals surface area contributed by atoms with Crippen LogP contribution in [0.15, 0.2) is 73.1 Å². The molecule has 4 rings (SSSR count). The molecule has 124 valence electrons. The van der Waals surface area contributed by atoms with Crippen LogP contribution in [0.25, 0.3) is 5.69 Å². The van der Waals surface area contributed by atoms with E-state index in [0.717, 1.165) is 17.8 Å². The summed E-state index contributed by atoms with van der Waals surface area (Å²) in [7, 11) is 0. The van der Waals surface area contributed by atoms with Crippen molar-refractivity contribution in [3.8, 4) is 5.69 Å². The Morgan fingerprint density at radius 3 is 2.44 bits per heavy atom. The van der Waals surface area contributed by atoms with Crippen molar-refractivity contribution < 1.29 is 0 Å². The lowest BCUT2D eigenvalue weighted by atomic mass is 10.1. The number of hydrogen-bond acceptors (Lipinski definition) is 5. The lowest BCUT2D eigenvalue weighted by Crippen LogP contribution is -2.07. The van der Waals surface area contributed by atoms with Crippen LogP contribution >= 0.6 is 0 Å². The Balaban J connectivity index is 1.41. The smallest absolute Gasteiger partial charge is 0.248 e. The molecule has 0 amide bonds. The third-order valence-electron chi connectivity index (χ3n) is 3.85. The minimum absolute atomic E-state index is 0.617. The fraction of sp³-hybridized carbons (Fsp3) is 0.111. The maximum atomic E-state index is 4.22. The van der Waals surface area contributed by atoms with Gasteiger partial charge in [-0.15, -0.1) is 0 Å². The van der Waals surface area contributed by atoms with E-state index >= 15 is 0 Å². The molecule has 4 aromatic rings. The Kier molecular flexibility index (Phi) is 4.20. The van der Waals surface area contributed by atoms with Gasteiger partial charge in [0.1, 0.15) is 0 Å². The van der Waals surface area contributed by atoms with Crippen molar-refractivity contribution >= 4 is 5.95 Å². The van der Waals surface area contributed by atoms with Gasteiger partial charge in [-0.3, -0.25) is 4.68 Å². The van der Waals surface area contributed by atoms with E-state index in [1.54, 1.807) is 10.9 Å². The number of nitrogens with zero attached hydrogens (tertiary/aromatic N) is 6. The molecule has 0 aliphatic rings. The minimum Gasteiger partial charge on any atom is -0.349 e. The lowest BCUT2D eigenvalue weighted by Gasteiger charge is -2.08. The van der Waals surface area contributed by atoms with Crippen molar-refractivity contribution in [2.75, 3.05) is 5.32 Å². The summed E-state index contributed by atoms with van der Waals surface area (Å²) in [5.74, 6) is 0.617. The van der Waals surface area contributed by atoms with Crippen molar-refractivity contribution in [2.45, 2.75) is 13.1 Å². The van der Waals surface area contributed by atoms with Crippen molar-refractivity contribution in [3.05, 3.63) is 84.2 Å². The maximum Gasteiger partial charge on any atom is 0.248 e. The molecule has 2 aromatic carbocycles. The zero-order valence-corrected chi connectivity index (χ0v) is 13.5. The number of rotatable bonds is 6. The SMILES string of the molecule is c1ccc(-n2nnnc2NCc2ccc(Cn3cccn3)cc2)cc1. The fourth-order valence-corrected chi connectivity index (χ4v) is 2.57. The van der Waals surface area contributed by atoms with E-state index in [2.05, 4.69) is 50.2 Å². The molecule has 7 heteroatoms. The van der Waals surface area contributed by atoms with Crippen LogP contribution in [0.3, 0.4) is 0 Å². The first-order valence-corrected chi connectivity index (χ1v) is 8.01. The summed E-state index contributed by atoms with van der Waals surface area (Å²) in [6.45, 7) is 1.42. The molecular weight excluding hydrogens is 314 g/mol. The molecule has 1 N–H and O–H groups in total. The normalized spacial score (nSPS) is 10.7. The van der Waals surface area contributed by atoms with Gasteiger partial charge in [-0.1, -0.05) is 47.6 Å². The monoisotopic (exact) mass is 331 g/mol. The van der Waals surface area contributed by atoms with Crippen LogP contribution in [-0.2, 0) is 13.1 Å². The number of hydrogen-bond donors (Lipinski definition) is 1. The molecule has 0 aliphatic carbocycles. The molecule has 0 saturated carbocycles. The van der Waals surface area contributed by atoms with E-state index in [4.69, 9.17) is 0 Å². The fourth-order valence-electron chi connectivity index (χ4n) is 2.57. The molecule has 0 bridgehead atoms. The highest BCUT2D eigenvalue weighted by Gasteiger charge is 2.07. The van der Waals surface area contributed by atoms with Crippen LogP contribution in [-0.4, -0.2) is 30.0 Å². The minimum atomic E-state index is 0.617. The molecule has 2 aromatic heterocycles. The Bertz CT molecular complexity index is 912. The van der Waals surface area contributed by atoms with E-state index in [0.29, 0.717) is 12.5 Å². The third kappa shape index (κ3) is 3.55. The quantitative estimate of drug-likeness (QED) is 0.588. The zero-order chi connectivity index (χ0) is 16.9. The first-order valence-electron chi connectivity index (χ1n) is 8.01. The Labute approximate surface area is 144 Å². The first-order chi connectivity index (χ1) is 12.4. The summed E-state index contributed by atoms with van der Waals surface area (Å²) in [4.78, 5) is 0. The first kappa shape index (κ1) is 15.1. The summed E-state index contributed by atoms with van der Waals surface area (Å²) in [6, 6.07) is 20.2. The molecule has 25 heavy (non-hydrogen) atoms. The highest BCUT2D eigenvalue weighted by Crippen LogP contribution is 2.12. The molecule has 0 atom stereocenters. The van der Waals surface area contributed by atoms with Crippen molar-refractivity contribution in [2.24, 2.45) is 0 Å². The summed E-state index contributed by atoms with van der Waals surface area (Å²) in [5.41, 5.74) is 3.29. The predicted molar refractivity (Wildman–Crippen MR) is 94.3 cm³/mol. The molecule has 7 nitrogen and oxygen atoms in total. The number of nitrogens with one attached hydrogen (secondary N) is 1. The van der Waals surface area contributed by atoms with Crippen molar-refractivity contribution in [1.82, 2.24) is 30.0 Å². The topological polar surface area (TPSA) is 73.5 Å². The molecule has 0 radical (unpaired) electrons. The van der Waals surface area contributed by atoms with Gasteiger partial charge in [0, 0.05) is 18.9 Å². The van der Waals surface area contributed by atoms with E-state index in [1.165, 1.54) is 5.56 Å². The average molecular weight is 331 g/mol. The molecule has 0 fully saturated rings. The highest BCUT2D eigenvalue weighted by atomic mass is 15.6. The van der Waals surface area contributed by atoms with Gasteiger partial charge in [-0.2, -0.15) is 9.78 Å². The number of anilines is 1. The molecular formula is C18H17N7. The van der Waals surface area contributed by atoms with E-state index in [-0.39, 0.29) is 0 Å². The van der Waals surface area contributed by atoms with Gasteiger partial charge in [-0.05, 0) is 39.8 Å². The van der Waals surface area contributed by atoms with Crippen LogP contribution in [0, 0.1) is 0 Å². The van der Waals surface area contributed by atoms with Crippen molar-refractivity contribution in [1.29, 1.82) is 0 Å². The number of aromatic nitrogens is 6. The second kappa shape index (κ2) is 6.96. The molecule has 0 unspecified atom stereocenters. The molecule has 0 saturated heterocycles. The van der Waals surface area contributed by atoms with Gasteiger partial charge in [0.15, 0.2) is 0 Å². The lowest BCUT2D eigenvalue weighted by molar-refractivity contribution is 0.686. The second-order valence-corrected chi connectivity index (χ2v) is 5.62. The molecule has 0 aliphatic heterocycles. The van der Waals surface area contributed by atoms with Gasteiger partial charge < -0.3 is 5.32 Å². The Morgan fingerprint density at radius 2 is 1.68 bits per heavy atom. The van der Waals surface area contributed by atoms with Gasteiger partial charge in [0.2, 0.25) is 5.95 Å². The van der Waals surface area contributed by atoms with Crippen LogP contribution < -0.4 is 5.32 Å². The van der Waals surface area contributed by atoms with E-state index in [1.807, 2.05) is 47.3 Å². The largest absolute Gasteiger partial charge is 0.349 e. The number of tetrazole rings is 1. The summed E-state index contributed by atoms with van der Waals surface area (Å²) in [6.07, 6.45) is 3.74. The zero-order valence-electron chi connectivity index (χ0n) is 13.5. The Morgan fingerprint density at radius 1 is 0.880 bits per heavy atom. The van der Waals surface area contributed by atoms with Crippen LogP contribution in [0.5, 0.6) is 0 Å². The van der Waals surface area contributed by atoms with E-state index < -0.39 is 0 Å². The maximum absolute atomic E-state index is 4.22. The van der Waals surface area contributed by atoms with Gasteiger partial charge in [0.25, 0.3) is 0 Å². The number of benzene rings is 2. The summed E-state index contributed by atoms with van der Waals surface area (Å²) in [5, 5.41) is 19.4. The molecule has 0 spiro atoms. The Hall–Kier alpha value is -3.48. The molecule has 2 heterocycles. The average Bonchev–Trinajstić information content (AvgIpc) is 3.33. The van der Waals surface area contributed by atoms with Gasteiger partial charge in [-0.25, -0.2) is 0 Å². The standard InChI is InChI=1S/C18H17N7/c1-2-5-17(6-3-1)25-18(21-22-23-25)19-13-15-7-9-16(10-8-15)14-24-12-4-11-20-24/h1-12H,13-14H2,(H,19,21,23).